The van der Waals surface area contributed by atoms with E-state index in [-0.39, 0.29) is 5.82 Å². The molecular formula is C19H18FN3O. The molecule has 0 bridgehead atoms. The summed E-state index contributed by atoms with van der Waals surface area (Å²) in [6.07, 6.45) is 5.96. The van der Waals surface area contributed by atoms with Gasteiger partial charge in [0.15, 0.2) is 0 Å². The van der Waals surface area contributed by atoms with Crippen LogP contribution in [0.4, 0.5) is 4.39 Å². The van der Waals surface area contributed by atoms with Crippen molar-refractivity contribution in [3.8, 4) is 11.1 Å². The van der Waals surface area contributed by atoms with Gasteiger partial charge in [0.1, 0.15) is 5.82 Å². The molecule has 24 heavy (non-hydrogen) atoms. The first-order valence-electron chi connectivity index (χ1n) is 8.08. The molecule has 1 aliphatic carbocycles. The van der Waals surface area contributed by atoms with Gasteiger partial charge in [-0.1, -0.05) is 11.2 Å². The maximum Gasteiger partial charge on any atom is 0.126 e. The van der Waals surface area contributed by atoms with Gasteiger partial charge < -0.3 is 9.77 Å². The number of aryl methyl sites for hydroxylation is 1. The molecule has 2 aromatic heterocycles. The number of fused-ring (bicyclic) bond motifs is 1. The maximum atomic E-state index is 13.5. The van der Waals surface area contributed by atoms with Gasteiger partial charge in [-0.05, 0) is 55.2 Å². The van der Waals surface area contributed by atoms with E-state index in [1.54, 1.807) is 19.2 Å². The lowest BCUT2D eigenvalue weighted by Gasteiger charge is -2.08. The van der Waals surface area contributed by atoms with Gasteiger partial charge in [0, 0.05) is 23.9 Å². The highest BCUT2D eigenvalue weighted by molar-refractivity contribution is 5.90. The van der Waals surface area contributed by atoms with E-state index >= 15 is 0 Å². The fraction of sp³-hybridized carbons (Fsp3) is 0.263. The monoisotopic (exact) mass is 323 g/mol. The molecule has 1 N–H and O–H groups in total. The van der Waals surface area contributed by atoms with Gasteiger partial charge in [0.05, 0.1) is 23.3 Å². The number of hydrogen-bond acceptors (Lipinski definition) is 3. The Morgan fingerprint density at radius 3 is 2.83 bits per heavy atom. The van der Waals surface area contributed by atoms with Crippen LogP contribution in [0.5, 0.6) is 0 Å². The minimum atomic E-state index is -0.204. The molecule has 0 radical (unpaired) electrons. The highest BCUT2D eigenvalue weighted by Gasteiger charge is 2.28. The summed E-state index contributed by atoms with van der Waals surface area (Å²) >= 11 is 0. The second-order valence-corrected chi connectivity index (χ2v) is 6.40. The van der Waals surface area contributed by atoms with Gasteiger partial charge in [-0.15, -0.1) is 0 Å². The lowest BCUT2D eigenvalue weighted by Crippen LogP contribution is -2.11. The minimum Gasteiger partial charge on any atom is -0.411 e. The summed E-state index contributed by atoms with van der Waals surface area (Å²) in [6.45, 7) is 2.32. The van der Waals surface area contributed by atoms with Crippen LogP contribution in [0.1, 0.15) is 18.4 Å². The number of nitrogens with zero attached hydrogens (tertiary/aromatic N) is 3. The summed E-state index contributed by atoms with van der Waals surface area (Å²) in [5.41, 5.74) is 5.19. The van der Waals surface area contributed by atoms with E-state index in [9.17, 15) is 9.60 Å². The van der Waals surface area contributed by atoms with Gasteiger partial charge in [0.25, 0.3) is 0 Å². The Kier molecular flexibility index (Phi) is 3.56. The molecule has 0 atom stereocenters. The highest BCUT2D eigenvalue weighted by atomic mass is 19.1. The van der Waals surface area contributed by atoms with Crippen molar-refractivity contribution in [1.82, 2.24) is 9.55 Å². The van der Waals surface area contributed by atoms with E-state index in [1.807, 2.05) is 18.3 Å². The molecule has 4 rings (SSSR count). The second kappa shape index (κ2) is 5.74. The zero-order valence-corrected chi connectivity index (χ0v) is 13.4. The zero-order valence-electron chi connectivity index (χ0n) is 13.4. The Balaban J connectivity index is 1.73. The molecule has 2 heterocycles. The number of benzene rings is 1. The van der Waals surface area contributed by atoms with E-state index in [0.717, 1.165) is 40.7 Å². The molecule has 122 valence electrons. The van der Waals surface area contributed by atoms with E-state index < -0.39 is 0 Å². The van der Waals surface area contributed by atoms with Crippen molar-refractivity contribution < 1.29 is 9.60 Å². The average molecular weight is 323 g/mol. The van der Waals surface area contributed by atoms with Crippen LogP contribution in [-0.2, 0) is 6.54 Å². The SMILES string of the molecule is Cc1cc(-c2cnc3ccn(CC(=NO)C4CC4)c3c2)ccc1F. The van der Waals surface area contributed by atoms with Crippen molar-refractivity contribution in [2.24, 2.45) is 11.1 Å². The normalized spacial score (nSPS) is 15.2. The molecule has 0 saturated heterocycles. The maximum absolute atomic E-state index is 13.5. The van der Waals surface area contributed by atoms with Crippen LogP contribution in [0.25, 0.3) is 22.2 Å². The van der Waals surface area contributed by atoms with Crippen molar-refractivity contribution >= 4 is 16.7 Å². The molecule has 1 saturated carbocycles. The Labute approximate surface area is 139 Å². The summed E-state index contributed by atoms with van der Waals surface area (Å²) in [5.74, 6) is 0.202. The average Bonchev–Trinajstić information content (AvgIpc) is 3.36. The number of aromatic nitrogens is 2. The lowest BCUT2D eigenvalue weighted by molar-refractivity contribution is 0.315. The first-order chi connectivity index (χ1) is 11.7. The molecule has 0 unspecified atom stereocenters. The molecule has 3 aromatic rings. The van der Waals surface area contributed by atoms with E-state index in [1.165, 1.54) is 6.07 Å². The number of halogens is 1. The molecule has 1 fully saturated rings. The van der Waals surface area contributed by atoms with Crippen LogP contribution in [0.3, 0.4) is 0 Å². The largest absolute Gasteiger partial charge is 0.411 e. The fourth-order valence-corrected chi connectivity index (χ4v) is 3.02. The van der Waals surface area contributed by atoms with Crippen molar-refractivity contribution in [2.45, 2.75) is 26.3 Å². The number of rotatable bonds is 4. The Bertz CT molecular complexity index is 941. The molecule has 0 amide bonds. The zero-order chi connectivity index (χ0) is 16.7. The van der Waals surface area contributed by atoms with Crippen LogP contribution >= 0.6 is 0 Å². The topological polar surface area (TPSA) is 50.4 Å². The van der Waals surface area contributed by atoms with Crippen LogP contribution in [0.2, 0.25) is 0 Å². The Hall–Kier alpha value is -2.69. The highest BCUT2D eigenvalue weighted by Crippen LogP contribution is 2.32. The first-order valence-corrected chi connectivity index (χ1v) is 8.08. The second-order valence-electron chi connectivity index (χ2n) is 6.40. The summed E-state index contributed by atoms with van der Waals surface area (Å²) in [7, 11) is 0. The molecule has 4 nitrogen and oxygen atoms in total. The van der Waals surface area contributed by atoms with Gasteiger partial charge in [-0.25, -0.2) is 4.39 Å². The van der Waals surface area contributed by atoms with Crippen molar-refractivity contribution in [2.75, 3.05) is 0 Å². The van der Waals surface area contributed by atoms with Gasteiger partial charge in [0.2, 0.25) is 0 Å². The number of hydrogen-bond donors (Lipinski definition) is 1. The third kappa shape index (κ3) is 2.66. The molecule has 1 aromatic carbocycles. The van der Waals surface area contributed by atoms with E-state index in [0.29, 0.717) is 18.0 Å². The summed E-state index contributed by atoms with van der Waals surface area (Å²) in [5, 5.41) is 12.7. The summed E-state index contributed by atoms with van der Waals surface area (Å²) in [6, 6.07) is 9.09. The van der Waals surface area contributed by atoms with Crippen LogP contribution in [-0.4, -0.2) is 20.5 Å². The summed E-state index contributed by atoms with van der Waals surface area (Å²) < 4.78 is 15.5. The Morgan fingerprint density at radius 2 is 2.12 bits per heavy atom. The van der Waals surface area contributed by atoms with Crippen molar-refractivity contribution in [1.29, 1.82) is 0 Å². The molecule has 1 aliphatic rings. The molecule has 5 heteroatoms. The van der Waals surface area contributed by atoms with Crippen LogP contribution in [0.15, 0.2) is 47.9 Å². The van der Waals surface area contributed by atoms with Crippen LogP contribution in [0, 0.1) is 18.7 Å². The third-order valence-corrected chi connectivity index (χ3v) is 4.62. The smallest absolute Gasteiger partial charge is 0.126 e. The van der Waals surface area contributed by atoms with Crippen molar-refractivity contribution in [3.63, 3.8) is 0 Å². The van der Waals surface area contributed by atoms with Gasteiger partial charge >= 0.3 is 0 Å². The quantitative estimate of drug-likeness (QED) is 0.440. The lowest BCUT2D eigenvalue weighted by atomic mass is 10.0. The number of oxime groups is 1. The van der Waals surface area contributed by atoms with E-state index in [4.69, 9.17) is 0 Å². The molecular weight excluding hydrogens is 305 g/mol. The Morgan fingerprint density at radius 1 is 1.29 bits per heavy atom. The first kappa shape index (κ1) is 14.9. The predicted molar refractivity (Wildman–Crippen MR) is 91.8 cm³/mol. The minimum absolute atomic E-state index is 0.204. The van der Waals surface area contributed by atoms with E-state index in [2.05, 4.69) is 20.8 Å². The number of pyridine rings is 1. The molecule has 0 aliphatic heterocycles. The van der Waals surface area contributed by atoms with Gasteiger partial charge in [-0.3, -0.25) is 4.98 Å². The fourth-order valence-electron chi connectivity index (χ4n) is 3.02. The molecule has 0 spiro atoms. The predicted octanol–water partition coefficient (Wildman–Crippen LogP) is 4.39. The third-order valence-electron chi connectivity index (χ3n) is 4.62. The van der Waals surface area contributed by atoms with Gasteiger partial charge in [-0.2, -0.15) is 0 Å². The van der Waals surface area contributed by atoms with Crippen LogP contribution < -0.4 is 0 Å². The van der Waals surface area contributed by atoms with Crippen molar-refractivity contribution in [3.05, 3.63) is 54.1 Å². The summed E-state index contributed by atoms with van der Waals surface area (Å²) in [4.78, 5) is 4.51. The standard InChI is InChI=1S/C19H18FN3O/c1-12-8-14(4-5-16(12)20)15-9-19-17(21-10-15)6-7-23(19)11-18(22-24)13-2-3-13/h4-10,13,24H,2-3,11H2,1H3.